The summed E-state index contributed by atoms with van der Waals surface area (Å²) in [7, 11) is 3.96. The van der Waals surface area contributed by atoms with Crippen LogP contribution in [0.4, 0.5) is 0 Å². The Morgan fingerprint density at radius 2 is 2.19 bits per heavy atom. The highest BCUT2D eigenvalue weighted by Crippen LogP contribution is 2.14. The Kier molecular flexibility index (Phi) is 4.74. The molecule has 2 N–H and O–H groups in total. The summed E-state index contributed by atoms with van der Waals surface area (Å²) in [6.07, 6.45) is 2.47. The first-order valence-electron chi connectivity index (χ1n) is 6.11. The zero-order valence-electron chi connectivity index (χ0n) is 11.0. The lowest BCUT2D eigenvalue weighted by molar-refractivity contribution is -0.126. The SMILES string of the molecule is CNC(C)(C)C(=O)NCC1CCCN(C)C1. The van der Waals surface area contributed by atoms with Gasteiger partial charge in [0.2, 0.25) is 5.91 Å². The maximum Gasteiger partial charge on any atom is 0.239 e. The van der Waals surface area contributed by atoms with Gasteiger partial charge in [-0.2, -0.15) is 0 Å². The van der Waals surface area contributed by atoms with Crippen molar-refractivity contribution in [2.75, 3.05) is 33.7 Å². The molecule has 1 saturated heterocycles. The van der Waals surface area contributed by atoms with Crippen molar-refractivity contribution in [1.82, 2.24) is 15.5 Å². The minimum absolute atomic E-state index is 0.0863. The Hall–Kier alpha value is -0.610. The molecule has 1 heterocycles. The Morgan fingerprint density at radius 1 is 1.50 bits per heavy atom. The number of carbonyl (C=O) groups is 1. The van der Waals surface area contributed by atoms with Crippen molar-refractivity contribution < 1.29 is 4.79 Å². The Labute approximate surface area is 98.8 Å². The second-order valence-corrected chi connectivity index (χ2v) is 5.36. The van der Waals surface area contributed by atoms with E-state index in [9.17, 15) is 4.79 Å². The Bertz CT molecular complexity index is 240. The molecule has 0 radical (unpaired) electrons. The van der Waals surface area contributed by atoms with Gasteiger partial charge < -0.3 is 15.5 Å². The van der Waals surface area contributed by atoms with Crippen LogP contribution in [0.2, 0.25) is 0 Å². The van der Waals surface area contributed by atoms with E-state index in [1.807, 2.05) is 20.9 Å². The fraction of sp³-hybridized carbons (Fsp3) is 0.917. The van der Waals surface area contributed by atoms with Gasteiger partial charge in [-0.25, -0.2) is 0 Å². The number of amides is 1. The standard InChI is InChI=1S/C12H25N3O/c1-12(2,13-3)11(16)14-8-10-6-5-7-15(4)9-10/h10,13H,5-9H2,1-4H3,(H,14,16). The van der Waals surface area contributed by atoms with E-state index in [1.165, 1.54) is 19.4 Å². The number of hydrogen-bond acceptors (Lipinski definition) is 3. The lowest BCUT2D eigenvalue weighted by atomic mass is 9.97. The van der Waals surface area contributed by atoms with Gasteiger partial charge >= 0.3 is 0 Å². The van der Waals surface area contributed by atoms with E-state index in [-0.39, 0.29) is 5.91 Å². The van der Waals surface area contributed by atoms with Crippen LogP contribution in [0.15, 0.2) is 0 Å². The Balaban J connectivity index is 2.31. The molecule has 94 valence electrons. The molecule has 1 aliphatic rings. The van der Waals surface area contributed by atoms with Gasteiger partial charge in [-0.15, -0.1) is 0 Å². The molecule has 0 aromatic heterocycles. The number of hydrogen-bond donors (Lipinski definition) is 2. The number of likely N-dealkylation sites (N-methyl/N-ethyl adjacent to an activating group) is 1. The largest absolute Gasteiger partial charge is 0.354 e. The summed E-state index contributed by atoms with van der Waals surface area (Å²) in [6, 6.07) is 0. The van der Waals surface area contributed by atoms with Crippen molar-refractivity contribution in [3.8, 4) is 0 Å². The highest BCUT2D eigenvalue weighted by molar-refractivity contribution is 5.85. The number of nitrogens with one attached hydrogen (secondary N) is 2. The Morgan fingerprint density at radius 3 is 2.75 bits per heavy atom. The van der Waals surface area contributed by atoms with E-state index in [2.05, 4.69) is 22.6 Å². The molecule has 0 aliphatic carbocycles. The van der Waals surface area contributed by atoms with Crippen LogP contribution in [0.1, 0.15) is 26.7 Å². The number of carbonyl (C=O) groups excluding carboxylic acids is 1. The van der Waals surface area contributed by atoms with Gasteiger partial charge in [0.15, 0.2) is 0 Å². The van der Waals surface area contributed by atoms with Crippen LogP contribution in [0.3, 0.4) is 0 Å². The number of nitrogens with zero attached hydrogens (tertiary/aromatic N) is 1. The van der Waals surface area contributed by atoms with Gasteiger partial charge in [-0.05, 0) is 53.2 Å². The maximum atomic E-state index is 11.8. The van der Waals surface area contributed by atoms with Crippen LogP contribution in [-0.4, -0.2) is 50.1 Å². The lowest BCUT2D eigenvalue weighted by Gasteiger charge is -2.31. The fourth-order valence-corrected chi connectivity index (χ4v) is 2.01. The second-order valence-electron chi connectivity index (χ2n) is 5.36. The smallest absolute Gasteiger partial charge is 0.239 e. The molecule has 1 fully saturated rings. The van der Waals surface area contributed by atoms with E-state index in [4.69, 9.17) is 0 Å². The molecule has 16 heavy (non-hydrogen) atoms. The molecular formula is C12H25N3O. The van der Waals surface area contributed by atoms with Crippen molar-refractivity contribution in [2.45, 2.75) is 32.2 Å². The summed E-state index contributed by atoms with van der Waals surface area (Å²) in [4.78, 5) is 14.2. The van der Waals surface area contributed by atoms with Crippen LogP contribution in [0.25, 0.3) is 0 Å². The van der Waals surface area contributed by atoms with Crippen LogP contribution in [0.5, 0.6) is 0 Å². The van der Waals surface area contributed by atoms with E-state index < -0.39 is 5.54 Å². The molecular weight excluding hydrogens is 202 g/mol. The van der Waals surface area contributed by atoms with E-state index in [0.29, 0.717) is 5.92 Å². The van der Waals surface area contributed by atoms with Crippen LogP contribution < -0.4 is 10.6 Å². The van der Waals surface area contributed by atoms with Gasteiger partial charge in [0.25, 0.3) is 0 Å². The highest BCUT2D eigenvalue weighted by atomic mass is 16.2. The number of piperidine rings is 1. The first-order valence-corrected chi connectivity index (χ1v) is 6.11. The van der Waals surface area contributed by atoms with Gasteiger partial charge in [-0.3, -0.25) is 4.79 Å². The van der Waals surface area contributed by atoms with Gasteiger partial charge in [0, 0.05) is 13.1 Å². The van der Waals surface area contributed by atoms with E-state index >= 15 is 0 Å². The molecule has 4 heteroatoms. The molecule has 1 amide bonds. The summed E-state index contributed by atoms with van der Waals surface area (Å²) in [6.45, 7) is 6.88. The summed E-state index contributed by atoms with van der Waals surface area (Å²) in [5, 5.41) is 6.05. The number of likely N-dealkylation sites (tertiary alicyclic amines) is 1. The van der Waals surface area contributed by atoms with E-state index in [1.54, 1.807) is 0 Å². The van der Waals surface area contributed by atoms with Crippen molar-refractivity contribution in [1.29, 1.82) is 0 Å². The average Bonchev–Trinajstić information content (AvgIpc) is 2.26. The van der Waals surface area contributed by atoms with Crippen LogP contribution >= 0.6 is 0 Å². The summed E-state index contributed by atoms with van der Waals surface area (Å²) in [5.41, 5.74) is -0.472. The van der Waals surface area contributed by atoms with Crippen LogP contribution in [-0.2, 0) is 4.79 Å². The minimum atomic E-state index is -0.472. The average molecular weight is 227 g/mol. The quantitative estimate of drug-likeness (QED) is 0.732. The predicted octanol–water partition coefficient (Wildman–Crippen LogP) is 0.442. The highest BCUT2D eigenvalue weighted by Gasteiger charge is 2.26. The predicted molar refractivity (Wildman–Crippen MR) is 66.4 cm³/mol. The zero-order chi connectivity index (χ0) is 12.2. The zero-order valence-corrected chi connectivity index (χ0v) is 11.0. The molecule has 1 atom stereocenters. The summed E-state index contributed by atoms with van der Waals surface area (Å²) >= 11 is 0. The molecule has 1 rings (SSSR count). The second kappa shape index (κ2) is 5.64. The van der Waals surface area contributed by atoms with Gasteiger partial charge in [0.1, 0.15) is 0 Å². The van der Waals surface area contributed by atoms with Crippen LogP contribution in [0, 0.1) is 5.92 Å². The topological polar surface area (TPSA) is 44.4 Å². The first kappa shape index (κ1) is 13.5. The minimum Gasteiger partial charge on any atom is -0.354 e. The maximum absolute atomic E-state index is 11.8. The molecule has 0 aromatic rings. The molecule has 4 nitrogen and oxygen atoms in total. The third-order valence-corrected chi connectivity index (χ3v) is 3.47. The fourth-order valence-electron chi connectivity index (χ4n) is 2.01. The molecule has 1 unspecified atom stereocenters. The third-order valence-electron chi connectivity index (χ3n) is 3.47. The first-order chi connectivity index (χ1) is 7.45. The summed E-state index contributed by atoms with van der Waals surface area (Å²) in [5.74, 6) is 0.693. The van der Waals surface area contributed by atoms with Gasteiger partial charge in [-0.1, -0.05) is 0 Å². The summed E-state index contributed by atoms with van der Waals surface area (Å²) < 4.78 is 0. The normalized spacial score (nSPS) is 23.1. The van der Waals surface area contributed by atoms with Gasteiger partial charge in [0.05, 0.1) is 5.54 Å². The van der Waals surface area contributed by atoms with Crippen molar-refractivity contribution in [2.24, 2.45) is 5.92 Å². The van der Waals surface area contributed by atoms with Crippen molar-refractivity contribution >= 4 is 5.91 Å². The molecule has 0 spiro atoms. The molecule has 0 saturated carbocycles. The van der Waals surface area contributed by atoms with Crippen molar-refractivity contribution in [3.63, 3.8) is 0 Å². The third kappa shape index (κ3) is 3.76. The van der Waals surface area contributed by atoms with E-state index in [0.717, 1.165) is 13.1 Å². The lowest BCUT2D eigenvalue weighted by Crippen LogP contribution is -2.52. The number of rotatable bonds is 4. The molecule has 0 aromatic carbocycles. The molecule has 0 bridgehead atoms. The van der Waals surface area contributed by atoms with Crippen molar-refractivity contribution in [3.05, 3.63) is 0 Å². The molecule has 1 aliphatic heterocycles. The monoisotopic (exact) mass is 227 g/mol.